The molecule has 1 aliphatic rings. The Hall–Kier alpha value is -1.43. The average Bonchev–Trinajstić information content (AvgIpc) is 2.59. The van der Waals surface area contributed by atoms with Crippen LogP contribution in [0.5, 0.6) is 0 Å². The van der Waals surface area contributed by atoms with E-state index < -0.39 is 0 Å². The van der Waals surface area contributed by atoms with Crippen LogP contribution in [0.1, 0.15) is 12.0 Å². The molecule has 0 spiro atoms. The summed E-state index contributed by atoms with van der Waals surface area (Å²) in [5.74, 6) is 0.0938. The first-order valence-electron chi connectivity index (χ1n) is 7.60. The molecule has 1 saturated heterocycles. The number of benzene rings is 1. The van der Waals surface area contributed by atoms with E-state index in [1.54, 1.807) is 19.1 Å². The lowest BCUT2D eigenvalue weighted by atomic mass is 10.0. The van der Waals surface area contributed by atoms with Gasteiger partial charge < -0.3 is 19.1 Å². The fraction of sp³-hybridized carbons (Fsp3) is 0.588. The number of nitrogens with zero attached hydrogens (tertiary/aromatic N) is 1. The average molecular weight is 307 g/mol. The van der Waals surface area contributed by atoms with Crippen LogP contribution in [0.3, 0.4) is 0 Å². The topological polar surface area (TPSA) is 48.0 Å². The third kappa shape index (κ3) is 4.06. The lowest BCUT2D eigenvalue weighted by Gasteiger charge is -2.40. The Morgan fingerprint density at radius 3 is 2.59 bits per heavy atom. The highest BCUT2D eigenvalue weighted by Gasteiger charge is 2.38. The van der Waals surface area contributed by atoms with Crippen molar-refractivity contribution in [2.24, 2.45) is 0 Å². The van der Waals surface area contributed by atoms with Crippen LogP contribution >= 0.6 is 0 Å². The van der Waals surface area contributed by atoms with Gasteiger partial charge in [0.15, 0.2) is 0 Å². The maximum Gasteiger partial charge on any atom is 0.223 e. The lowest BCUT2D eigenvalue weighted by molar-refractivity contribution is -0.164. The summed E-state index contributed by atoms with van der Waals surface area (Å²) in [6.45, 7) is 0.976. The number of aryl methyl sites for hydroxylation is 1. The molecule has 3 atom stereocenters. The highest BCUT2D eigenvalue weighted by atomic mass is 16.6. The fourth-order valence-electron chi connectivity index (χ4n) is 2.84. The normalized spacial score (nSPS) is 25.0. The van der Waals surface area contributed by atoms with E-state index in [0.29, 0.717) is 19.6 Å². The van der Waals surface area contributed by atoms with Crippen LogP contribution in [0.4, 0.5) is 0 Å². The van der Waals surface area contributed by atoms with E-state index in [4.69, 9.17) is 14.2 Å². The summed E-state index contributed by atoms with van der Waals surface area (Å²) >= 11 is 0. The van der Waals surface area contributed by atoms with E-state index in [0.717, 1.165) is 6.42 Å². The van der Waals surface area contributed by atoms with Gasteiger partial charge in [0.25, 0.3) is 0 Å². The highest BCUT2D eigenvalue weighted by molar-refractivity contribution is 5.76. The van der Waals surface area contributed by atoms with E-state index in [1.807, 2.05) is 37.4 Å². The molecule has 1 heterocycles. The molecule has 0 bridgehead atoms. The summed E-state index contributed by atoms with van der Waals surface area (Å²) in [7, 11) is 5.10. The molecule has 1 aromatic rings. The van der Waals surface area contributed by atoms with Crippen LogP contribution in [0.2, 0.25) is 0 Å². The zero-order valence-electron chi connectivity index (χ0n) is 13.5. The Balaban J connectivity index is 1.93. The number of ether oxygens (including phenoxy) is 3. The minimum absolute atomic E-state index is 0.0938. The maximum absolute atomic E-state index is 12.4. The van der Waals surface area contributed by atoms with Crippen molar-refractivity contribution in [3.63, 3.8) is 0 Å². The van der Waals surface area contributed by atoms with Crippen molar-refractivity contribution in [3.8, 4) is 0 Å². The number of methoxy groups -OCH3 is 2. The molecular formula is C17H25NO4. The predicted molar refractivity (Wildman–Crippen MR) is 83.7 cm³/mol. The number of amides is 1. The van der Waals surface area contributed by atoms with Crippen molar-refractivity contribution in [3.05, 3.63) is 35.9 Å². The molecule has 0 unspecified atom stereocenters. The van der Waals surface area contributed by atoms with Crippen LogP contribution in [-0.4, -0.2) is 63.5 Å². The van der Waals surface area contributed by atoms with Crippen LogP contribution in [0.25, 0.3) is 0 Å². The zero-order valence-corrected chi connectivity index (χ0v) is 13.5. The molecule has 5 heteroatoms. The second-order valence-electron chi connectivity index (χ2n) is 5.57. The summed E-state index contributed by atoms with van der Waals surface area (Å²) in [4.78, 5) is 14.2. The summed E-state index contributed by atoms with van der Waals surface area (Å²) in [5, 5.41) is 0. The minimum Gasteiger partial charge on any atom is -0.376 e. The highest BCUT2D eigenvalue weighted by Crippen LogP contribution is 2.19. The molecule has 1 fully saturated rings. The second kappa shape index (κ2) is 8.27. The van der Waals surface area contributed by atoms with Gasteiger partial charge in [0.2, 0.25) is 5.91 Å². The SMILES string of the molecule is CO[C@H]1[C@H](N(C)C(=O)CCc2ccccc2)COC[C@H]1OC. The van der Waals surface area contributed by atoms with Crippen molar-refractivity contribution in [2.45, 2.75) is 31.1 Å². The molecule has 1 aliphatic heterocycles. The van der Waals surface area contributed by atoms with Gasteiger partial charge in [-0.25, -0.2) is 0 Å². The van der Waals surface area contributed by atoms with Gasteiger partial charge in [-0.05, 0) is 12.0 Å². The quantitative estimate of drug-likeness (QED) is 0.799. The van der Waals surface area contributed by atoms with Crippen molar-refractivity contribution >= 4 is 5.91 Å². The van der Waals surface area contributed by atoms with Crippen molar-refractivity contribution in [2.75, 3.05) is 34.5 Å². The lowest BCUT2D eigenvalue weighted by Crippen LogP contribution is -2.57. The number of likely N-dealkylation sites (N-methyl/N-ethyl adjacent to an activating group) is 1. The molecule has 0 saturated carbocycles. The van der Waals surface area contributed by atoms with Gasteiger partial charge in [0.05, 0.1) is 19.3 Å². The van der Waals surface area contributed by atoms with E-state index in [1.165, 1.54) is 5.56 Å². The Kier molecular flexibility index (Phi) is 6.36. The van der Waals surface area contributed by atoms with Gasteiger partial charge in [0, 0.05) is 27.7 Å². The standard InChI is InChI=1S/C17H25NO4/c1-18(14-11-22-12-15(20-2)17(14)21-3)16(19)10-9-13-7-5-4-6-8-13/h4-8,14-15,17H,9-12H2,1-3H3/t14-,15-,17+/m1/s1. The Bertz CT molecular complexity index is 465. The van der Waals surface area contributed by atoms with Gasteiger partial charge in [-0.2, -0.15) is 0 Å². The van der Waals surface area contributed by atoms with Gasteiger partial charge in [-0.1, -0.05) is 30.3 Å². The summed E-state index contributed by atoms with van der Waals surface area (Å²) in [5.41, 5.74) is 1.17. The molecular weight excluding hydrogens is 282 g/mol. The third-order valence-electron chi connectivity index (χ3n) is 4.25. The first-order chi connectivity index (χ1) is 10.7. The van der Waals surface area contributed by atoms with Gasteiger partial charge in [-0.3, -0.25) is 4.79 Å². The zero-order chi connectivity index (χ0) is 15.9. The van der Waals surface area contributed by atoms with Gasteiger partial charge in [0.1, 0.15) is 12.2 Å². The smallest absolute Gasteiger partial charge is 0.223 e. The van der Waals surface area contributed by atoms with Gasteiger partial charge in [-0.15, -0.1) is 0 Å². The molecule has 122 valence electrons. The largest absolute Gasteiger partial charge is 0.376 e. The monoisotopic (exact) mass is 307 g/mol. The van der Waals surface area contributed by atoms with Crippen LogP contribution in [0.15, 0.2) is 30.3 Å². The number of carbonyl (C=O) groups is 1. The molecule has 0 N–H and O–H groups in total. The minimum atomic E-state index is -0.163. The Labute approximate surface area is 132 Å². The van der Waals surface area contributed by atoms with Crippen molar-refractivity contribution in [1.29, 1.82) is 0 Å². The number of hydrogen-bond donors (Lipinski definition) is 0. The van der Waals surface area contributed by atoms with Crippen molar-refractivity contribution in [1.82, 2.24) is 4.90 Å². The molecule has 1 amide bonds. The third-order valence-corrected chi connectivity index (χ3v) is 4.25. The first kappa shape index (κ1) is 16.9. The van der Waals surface area contributed by atoms with E-state index in [9.17, 15) is 4.79 Å². The molecule has 1 aromatic carbocycles. The van der Waals surface area contributed by atoms with E-state index in [-0.39, 0.29) is 24.2 Å². The Morgan fingerprint density at radius 1 is 1.23 bits per heavy atom. The fourth-order valence-corrected chi connectivity index (χ4v) is 2.84. The summed E-state index contributed by atoms with van der Waals surface area (Å²) < 4.78 is 16.5. The molecule has 5 nitrogen and oxygen atoms in total. The molecule has 0 radical (unpaired) electrons. The number of carbonyl (C=O) groups excluding carboxylic acids is 1. The van der Waals surface area contributed by atoms with Crippen LogP contribution < -0.4 is 0 Å². The molecule has 0 aliphatic carbocycles. The predicted octanol–water partition coefficient (Wildman–Crippen LogP) is 1.51. The molecule has 0 aromatic heterocycles. The maximum atomic E-state index is 12.4. The van der Waals surface area contributed by atoms with E-state index >= 15 is 0 Å². The van der Waals surface area contributed by atoms with Crippen molar-refractivity contribution < 1.29 is 19.0 Å². The van der Waals surface area contributed by atoms with Crippen LogP contribution in [-0.2, 0) is 25.4 Å². The second-order valence-corrected chi connectivity index (χ2v) is 5.57. The van der Waals surface area contributed by atoms with Gasteiger partial charge >= 0.3 is 0 Å². The Morgan fingerprint density at radius 2 is 1.95 bits per heavy atom. The van der Waals surface area contributed by atoms with Crippen LogP contribution in [0, 0.1) is 0 Å². The van der Waals surface area contributed by atoms with E-state index in [2.05, 4.69) is 0 Å². The first-order valence-corrected chi connectivity index (χ1v) is 7.60. The molecule has 22 heavy (non-hydrogen) atoms. The summed E-state index contributed by atoms with van der Waals surface area (Å²) in [6, 6.07) is 9.91. The number of hydrogen-bond acceptors (Lipinski definition) is 4. The molecule has 2 rings (SSSR count). The summed E-state index contributed by atoms with van der Waals surface area (Å²) in [6.07, 6.45) is 0.908. The number of rotatable bonds is 6.